The SMILES string of the molecule is O=C(O)CC(C1C2CC3CC(C2)CC1C3)n1cnnc1. The maximum atomic E-state index is 11.3. The molecular weight excluding hydrogens is 254 g/mol. The zero-order chi connectivity index (χ0) is 13.7. The van der Waals surface area contributed by atoms with E-state index in [1.165, 1.54) is 32.1 Å². The predicted molar refractivity (Wildman–Crippen MR) is 71.8 cm³/mol. The third-order valence-corrected chi connectivity index (χ3v) is 5.95. The van der Waals surface area contributed by atoms with Crippen LogP contribution in [-0.2, 0) is 4.79 Å². The summed E-state index contributed by atoms with van der Waals surface area (Å²) >= 11 is 0. The van der Waals surface area contributed by atoms with Crippen LogP contribution in [0, 0.1) is 29.6 Å². The van der Waals surface area contributed by atoms with Gasteiger partial charge in [-0.25, -0.2) is 0 Å². The Labute approximate surface area is 118 Å². The number of hydrogen-bond donors (Lipinski definition) is 1. The Morgan fingerprint density at radius 2 is 1.65 bits per heavy atom. The first-order chi connectivity index (χ1) is 9.70. The summed E-state index contributed by atoms with van der Waals surface area (Å²) in [5.41, 5.74) is 0. The normalized spacial score (nSPS) is 39.9. The molecule has 1 heterocycles. The summed E-state index contributed by atoms with van der Waals surface area (Å²) in [6.45, 7) is 0. The average molecular weight is 275 g/mol. The number of aliphatic carboxylic acids is 1. The van der Waals surface area contributed by atoms with Crippen LogP contribution in [0.15, 0.2) is 12.7 Å². The highest BCUT2D eigenvalue weighted by Gasteiger charge is 2.51. The highest BCUT2D eigenvalue weighted by atomic mass is 16.4. The number of nitrogens with zero attached hydrogens (tertiary/aromatic N) is 3. The van der Waals surface area contributed by atoms with E-state index in [1.807, 2.05) is 4.57 Å². The second-order valence-electron chi connectivity index (χ2n) is 7.08. The molecule has 0 saturated heterocycles. The van der Waals surface area contributed by atoms with Crippen molar-refractivity contribution >= 4 is 5.97 Å². The molecule has 1 aromatic rings. The van der Waals surface area contributed by atoms with Crippen LogP contribution in [0.3, 0.4) is 0 Å². The van der Waals surface area contributed by atoms with Gasteiger partial charge in [-0.05, 0) is 61.7 Å². The molecule has 1 aromatic heterocycles. The van der Waals surface area contributed by atoms with Crippen LogP contribution in [0.4, 0.5) is 0 Å². The van der Waals surface area contributed by atoms with Gasteiger partial charge >= 0.3 is 5.97 Å². The Balaban J connectivity index is 1.64. The Morgan fingerprint density at radius 3 is 2.15 bits per heavy atom. The molecular formula is C15H21N3O2. The first kappa shape index (κ1) is 12.4. The van der Waals surface area contributed by atoms with Gasteiger partial charge in [0.2, 0.25) is 0 Å². The van der Waals surface area contributed by atoms with Gasteiger partial charge in [-0.15, -0.1) is 10.2 Å². The molecule has 1 atom stereocenters. The molecule has 0 aliphatic heterocycles. The lowest BCUT2D eigenvalue weighted by Crippen LogP contribution is -2.48. The van der Waals surface area contributed by atoms with Crippen molar-refractivity contribution in [2.75, 3.05) is 0 Å². The van der Waals surface area contributed by atoms with Crippen LogP contribution in [0.2, 0.25) is 0 Å². The van der Waals surface area contributed by atoms with Gasteiger partial charge in [0.05, 0.1) is 6.42 Å². The number of aromatic nitrogens is 3. The maximum Gasteiger partial charge on any atom is 0.305 e. The van der Waals surface area contributed by atoms with Crippen molar-refractivity contribution in [1.29, 1.82) is 0 Å². The quantitative estimate of drug-likeness (QED) is 0.916. The number of rotatable bonds is 4. The van der Waals surface area contributed by atoms with Crippen molar-refractivity contribution < 1.29 is 9.90 Å². The molecule has 0 spiro atoms. The van der Waals surface area contributed by atoms with Crippen molar-refractivity contribution in [2.45, 2.75) is 44.6 Å². The van der Waals surface area contributed by atoms with E-state index < -0.39 is 5.97 Å². The van der Waals surface area contributed by atoms with E-state index in [1.54, 1.807) is 12.7 Å². The molecule has 5 heteroatoms. The van der Waals surface area contributed by atoms with Crippen molar-refractivity contribution in [3.63, 3.8) is 0 Å². The van der Waals surface area contributed by atoms with Crippen LogP contribution in [0.25, 0.3) is 0 Å². The van der Waals surface area contributed by atoms with Gasteiger partial charge < -0.3 is 9.67 Å². The molecule has 1 unspecified atom stereocenters. The fourth-order valence-electron chi connectivity index (χ4n) is 5.59. The minimum atomic E-state index is -0.711. The van der Waals surface area contributed by atoms with Gasteiger partial charge in [-0.1, -0.05) is 0 Å². The Morgan fingerprint density at radius 1 is 1.10 bits per heavy atom. The summed E-state index contributed by atoms with van der Waals surface area (Å²) in [4.78, 5) is 11.3. The van der Waals surface area contributed by atoms with Crippen molar-refractivity contribution in [2.24, 2.45) is 29.6 Å². The van der Waals surface area contributed by atoms with E-state index in [9.17, 15) is 9.90 Å². The molecule has 5 rings (SSSR count). The minimum Gasteiger partial charge on any atom is -0.481 e. The van der Waals surface area contributed by atoms with E-state index >= 15 is 0 Å². The number of carboxylic acids is 1. The van der Waals surface area contributed by atoms with Gasteiger partial charge in [0.1, 0.15) is 12.7 Å². The van der Waals surface area contributed by atoms with E-state index in [4.69, 9.17) is 0 Å². The molecule has 5 nitrogen and oxygen atoms in total. The molecule has 4 aliphatic carbocycles. The molecule has 4 bridgehead atoms. The molecule has 20 heavy (non-hydrogen) atoms. The fourth-order valence-corrected chi connectivity index (χ4v) is 5.59. The van der Waals surface area contributed by atoms with Gasteiger partial charge in [-0.3, -0.25) is 4.79 Å². The zero-order valence-corrected chi connectivity index (χ0v) is 11.6. The lowest BCUT2D eigenvalue weighted by molar-refractivity contribution is -0.140. The summed E-state index contributed by atoms with van der Waals surface area (Å²) in [5.74, 6) is 3.07. The second kappa shape index (κ2) is 4.57. The third-order valence-electron chi connectivity index (χ3n) is 5.95. The first-order valence-corrected chi connectivity index (χ1v) is 7.76. The number of carboxylic acid groups (broad SMARTS) is 1. The third kappa shape index (κ3) is 1.95. The smallest absolute Gasteiger partial charge is 0.305 e. The Bertz CT molecular complexity index is 471. The van der Waals surface area contributed by atoms with Crippen molar-refractivity contribution in [3.05, 3.63) is 12.7 Å². The van der Waals surface area contributed by atoms with E-state index in [-0.39, 0.29) is 12.5 Å². The van der Waals surface area contributed by atoms with Gasteiger partial charge in [0.15, 0.2) is 0 Å². The van der Waals surface area contributed by atoms with E-state index in [2.05, 4.69) is 10.2 Å². The molecule has 4 aliphatic rings. The molecule has 108 valence electrons. The molecule has 0 radical (unpaired) electrons. The number of carbonyl (C=O) groups is 1. The average Bonchev–Trinajstić information content (AvgIpc) is 2.89. The molecule has 4 saturated carbocycles. The molecule has 1 N–H and O–H groups in total. The van der Waals surface area contributed by atoms with Crippen LogP contribution in [0.5, 0.6) is 0 Å². The molecule has 0 aromatic carbocycles. The largest absolute Gasteiger partial charge is 0.481 e. The standard InChI is InChI=1S/C15H21N3O2/c19-14(20)6-13(18-7-16-17-8-18)15-11-2-9-1-10(4-11)5-12(15)3-9/h7-13,15H,1-6H2,(H,19,20). The van der Waals surface area contributed by atoms with Crippen LogP contribution < -0.4 is 0 Å². The monoisotopic (exact) mass is 275 g/mol. The Hall–Kier alpha value is -1.39. The summed E-state index contributed by atoms with van der Waals surface area (Å²) < 4.78 is 1.95. The van der Waals surface area contributed by atoms with Gasteiger partial charge in [0, 0.05) is 6.04 Å². The van der Waals surface area contributed by atoms with Crippen molar-refractivity contribution in [3.8, 4) is 0 Å². The van der Waals surface area contributed by atoms with Gasteiger partial charge in [-0.2, -0.15) is 0 Å². The predicted octanol–water partition coefficient (Wildman–Crippen LogP) is 2.37. The first-order valence-electron chi connectivity index (χ1n) is 7.76. The highest BCUT2D eigenvalue weighted by molar-refractivity contribution is 5.67. The lowest BCUT2D eigenvalue weighted by Gasteiger charge is -2.56. The molecule has 0 amide bonds. The fraction of sp³-hybridized carbons (Fsp3) is 0.800. The molecule has 4 fully saturated rings. The second-order valence-corrected chi connectivity index (χ2v) is 7.08. The minimum absolute atomic E-state index is 0.0394. The van der Waals surface area contributed by atoms with E-state index in [0.29, 0.717) is 5.92 Å². The highest BCUT2D eigenvalue weighted by Crippen LogP contribution is 2.59. The lowest BCUT2D eigenvalue weighted by atomic mass is 9.50. The summed E-state index contributed by atoms with van der Waals surface area (Å²) in [5, 5.41) is 17.0. The number of hydrogen-bond acceptors (Lipinski definition) is 3. The van der Waals surface area contributed by atoms with Crippen LogP contribution in [-0.4, -0.2) is 25.8 Å². The van der Waals surface area contributed by atoms with Crippen LogP contribution in [0.1, 0.15) is 44.6 Å². The van der Waals surface area contributed by atoms with Crippen LogP contribution >= 0.6 is 0 Å². The Kier molecular flexibility index (Phi) is 2.82. The maximum absolute atomic E-state index is 11.3. The summed E-state index contributed by atoms with van der Waals surface area (Å²) in [6, 6.07) is 0.0394. The van der Waals surface area contributed by atoms with E-state index in [0.717, 1.165) is 23.7 Å². The van der Waals surface area contributed by atoms with Gasteiger partial charge in [0.25, 0.3) is 0 Å². The summed E-state index contributed by atoms with van der Waals surface area (Å²) in [7, 11) is 0. The zero-order valence-electron chi connectivity index (χ0n) is 11.6. The van der Waals surface area contributed by atoms with Crippen molar-refractivity contribution in [1.82, 2.24) is 14.8 Å². The topological polar surface area (TPSA) is 68.0 Å². The summed E-state index contributed by atoms with van der Waals surface area (Å²) in [6.07, 6.45) is 10.3.